The first kappa shape index (κ1) is 12.4. The van der Waals surface area contributed by atoms with Crippen LogP contribution in [0.1, 0.15) is 18.2 Å². The third-order valence-corrected chi connectivity index (χ3v) is 2.97. The fourth-order valence-corrected chi connectivity index (χ4v) is 2.45. The number of benzene rings is 1. The molecule has 1 aromatic heterocycles. The molecule has 0 amide bonds. The first-order valence-electron chi connectivity index (χ1n) is 5.66. The lowest BCUT2D eigenvalue weighted by Crippen LogP contribution is -2.17. The van der Waals surface area contributed by atoms with Gasteiger partial charge in [-0.2, -0.15) is 0 Å². The summed E-state index contributed by atoms with van der Waals surface area (Å²) in [5.74, 6) is 1.83. The van der Waals surface area contributed by atoms with Crippen LogP contribution in [0.15, 0.2) is 39.2 Å². The average Bonchev–Trinajstić information content (AvgIpc) is 2.63. The molecule has 1 atom stereocenters. The fraction of sp³-hybridized carbons (Fsp3) is 0.286. The summed E-state index contributed by atoms with van der Waals surface area (Å²) in [5, 5.41) is 0. The molecule has 0 aliphatic carbocycles. The molecule has 3 heteroatoms. The summed E-state index contributed by atoms with van der Waals surface area (Å²) in [6.07, 6.45) is 0.771. The molecule has 0 fully saturated rings. The minimum atomic E-state index is 0.123. The number of nitrogens with two attached hydrogens (primary N) is 1. The molecule has 0 aliphatic heterocycles. The zero-order chi connectivity index (χ0) is 12.4. The van der Waals surface area contributed by atoms with Crippen molar-refractivity contribution < 1.29 is 4.42 Å². The first-order valence-corrected chi connectivity index (χ1v) is 6.46. The van der Waals surface area contributed by atoms with E-state index in [1.807, 2.05) is 19.1 Å². The number of rotatable bonds is 3. The maximum atomic E-state index is 5.79. The van der Waals surface area contributed by atoms with Gasteiger partial charge in [-0.25, -0.2) is 0 Å². The Morgan fingerprint density at radius 3 is 2.71 bits per heavy atom. The molecule has 90 valence electrons. The van der Waals surface area contributed by atoms with Crippen LogP contribution in [0.4, 0.5) is 0 Å². The van der Waals surface area contributed by atoms with E-state index in [4.69, 9.17) is 10.2 Å². The smallest absolute Gasteiger partial charge is 0.134 e. The summed E-state index contributed by atoms with van der Waals surface area (Å²) >= 11 is 3.50. The van der Waals surface area contributed by atoms with E-state index >= 15 is 0 Å². The topological polar surface area (TPSA) is 39.2 Å². The zero-order valence-electron chi connectivity index (χ0n) is 10.0. The van der Waals surface area contributed by atoms with Crippen molar-refractivity contribution in [1.82, 2.24) is 0 Å². The number of hydrogen-bond acceptors (Lipinski definition) is 2. The maximum absolute atomic E-state index is 5.79. The zero-order valence-corrected chi connectivity index (χ0v) is 11.6. The Morgan fingerprint density at radius 1 is 1.29 bits per heavy atom. The Kier molecular flexibility index (Phi) is 3.69. The van der Waals surface area contributed by atoms with Gasteiger partial charge >= 0.3 is 0 Å². The van der Waals surface area contributed by atoms with Crippen LogP contribution in [0.25, 0.3) is 11.3 Å². The Bertz CT molecular complexity index is 496. The molecule has 0 radical (unpaired) electrons. The molecular formula is C14H16BrNO. The predicted octanol–water partition coefficient (Wildman–Crippen LogP) is 3.91. The van der Waals surface area contributed by atoms with Crippen molar-refractivity contribution in [2.75, 3.05) is 0 Å². The highest BCUT2D eigenvalue weighted by atomic mass is 79.9. The SMILES string of the molecule is Cc1cc(Br)cc(-c2ccc(CC(C)N)o2)c1. The van der Waals surface area contributed by atoms with Gasteiger partial charge in [0.15, 0.2) is 0 Å². The van der Waals surface area contributed by atoms with Gasteiger partial charge < -0.3 is 10.2 Å². The van der Waals surface area contributed by atoms with E-state index in [-0.39, 0.29) is 6.04 Å². The molecule has 0 spiro atoms. The highest BCUT2D eigenvalue weighted by molar-refractivity contribution is 9.10. The van der Waals surface area contributed by atoms with Crippen LogP contribution in [0.3, 0.4) is 0 Å². The van der Waals surface area contributed by atoms with Crippen LogP contribution < -0.4 is 5.73 Å². The van der Waals surface area contributed by atoms with Gasteiger partial charge in [0.1, 0.15) is 11.5 Å². The highest BCUT2D eigenvalue weighted by Crippen LogP contribution is 2.26. The van der Waals surface area contributed by atoms with Crippen molar-refractivity contribution in [3.63, 3.8) is 0 Å². The predicted molar refractivity (Wildman–Crippen MR) is 73.9 cm³/mol. The minimum absolute atomic E-state index is 0.123. The van der Waals surface area contributed by atoms with Crippen LogP contribution in [0.2, 0.25) is 0 Å². The van der Waals surface area contributed by atoms with Gasteiger partial charge in [0, 0.05) is 22.5 Å². The fourth-order valence-electron chi connectivity index (χ4n) is 1.84. The van der Waals surface area contributed by atoms with Crippen molar-refractivity contribution in [3.05, 3.63) is 46.1 Å². The van der Waals surface area contributed by atoms with E-state index in [0.29, 0.717) is 0 Å². The van der Waals surface area contributed by atoms with Gasteiger partial charge in [-0.1, -0.05) is 15.9 Å². The van der Waals surface area contributed by atoms with E-state index in [1.165, 1.54) is 5.56 Å². The third kappa shape index (κ3) is 3.20. The molecule has 1 unspecified atom stereocenters. The second-order valence-electron chi connectivity index (χ2n) is 4.46. The summed E-state index contributed by atoms with van der Waals surface area (Å²) < 4.78 is 6.86. The first-order chi connectivity index (χ1) is 8.04. The number of hydrogen-bond donors (Lipinski definition) is 1. The van der Waals surface area contributed by atoms with E-state index in [2.05, 4.69) is 41.1 Å². The summed E-state index contributed by atoms with van der Waals surface area (Å²) in [6.45, 7) is 4.05. The molecule has 1 heterocycles. The maximum Gasteiger partial charge on any atom is 0.134 e. The Morgan fingerprint density at radius 2 is 2.06 bits per heavy atom. The van der Waals surface area contributed by atoms with Crippen LogP contribution in [-0.2, 0) is 6.42 Å². The van der Waals surface area contributed by atoms with Crippen molar-refractivity contribution in [2.24, 2.45) is 5.73 Å². The minimum Gasteiger partial charge on any atom is -0.461 e. The van der Waals surface area contributed by atoms with Crippen molar-refractivity contribution in [3.8, 4) is 11.3 Å². The lowest BCUT2D eigenvalue weighted by Gasteiger charge is -2.02. The van der Waals surface area contributed by atoms with Gasteiger partial charge in [0.2, 0.25) is 0 Å². The molecule has 0 bridgehead atoms. The second-order valence-corrected chi connectivity index (χ2v) is 5.38. The Labute approximate surface area is 110 Å². The summed E-state index contributed by atoms with van der Waals surface area (Å²) in [6, 6.07) is 10.4. The summed E-state index contributed by atoms with van der Waals surface area (Å²) in [5.41, 5.74) is 8.05. The van der Waals surface area contributed by atoms with Gasteiger partial charge in [0.05, 0.1) is 0 Å². The Balaban J connectivity index is 2.30. The van der Waals surface area contributed by atoms with Crippen LogP contribution in [0, 0.1) is 6.92 Å². The molecular weight excluding hydrogens is 278 g/mol. The van der Waals surface area contributed by atoms with E-state index in [0.717, 1.165) is 28.0 Å². The molecule has 2 aromatic rings. The van der Waals surface area contributed by atoms with Crippen molar-refractivity contribution in [2.45, 2.75) is 26.3 Å². The molecule has 0 aliphatic rings. The Hall–Kier alpha value is -1.06. The molecule has 2 nitrogen and oxygen atoms in total. The van der Waals surface area contributed by atoms with Gasteiger partial charge in [-0.3, -0.25) is 0 Å². The molecule has 2 rings (SSSR count). The molecule has 1 aromatic carbocycles. The number of aryl methyl sites for hydroxylation is 1. The van der Waals surface area contributed by atoms with E-state index in [1.54, 1.807) is 0 Å². The normalized spacial score (nSPS) is 12.7. The third-order valence-electron chi connectivity index (χ3n) is 2.51. The molecule has 0 saturated heterocycles. The van der Waals surface area contributed by atoms with Crippen molar-refractivity contribution in [1.29, 1.82) is 0 Å². The lowest BCUT2D eigenvalue weighted by atomic mass is 10.1. The number of furan rings is 1. The standard InChI is InChI=1S/C14H16BrNO/c1-9-5-11(8-12(15)6-9)14-4-3-13(17-14)7-10(2)16/h3-6,8,10H,7,16H2,1-2H3. The lowest BCUT2D eigenvalue weighted by molar-refractivity contribution is 0.503. The molecule has 2 N–H and O–H groups in total. The molecule has 17 heavy (non-hydrogen) atoms. The highest BCUT2D eigenvalue weighted by Gasteiger charge is 2.07. The average molecular weight is 294 g/mol. The largest absolute Gasteiger partial charge is 0.461 e. The second kappa shape index (κ2) is 5.07. The van der Waals surface area contributed by atoms with E-state index in [9.17, 15) is 0 Å². The van der Waals surface area contributed by atoms with Crippen LogP contribution >= 0.6 is 15.9 Å². The molecule has 0 saturated carbocycles. The van der Waals surface area contributed by atoms with Gasteiger partial charge in [0.25, 0.3) is 0 Å². The van der Waals surface area contributed by atoms with Crippen LogP contribution in [0.5, 0.6) is 0 Å². The quantitative estimate of drug-likeness (QED) is 0.932. The van der Waals surface area contributed by atoms with Crippen LogP contribution in [-0.4, -0.2) is 6.04 Å². The van der Waals surface area contributed by atoms with E-state index < -0.39 is 0 Å². The van der Waals surface area contributed by atoms with Gasteiger partial charge in [-0.05, 0) is 49.7 Å². The van der Waals surface area contributed by atoms with Gasteiger partial charge in [-0.15, -0.1) is 0 Å². The summed E-state index contributed by atoms with van der Waals surface area (Å²) in [4.78, 5) is 0. The summed E-state index contributed by atoms with van der Waals surface area (Å²) in [7, 11) is 0. The monoisotopic (exact) mass is 293 g/mol. The number of halogens is 1. The van der Waals surface area contributed by atoms with Crippen molar-refractivity contribution >= 4 is 15.9 Å².